The van der Waals surface area contributed by atoms with Gasteiger partial charge in [0, 0.05) is 6.04 Å². The second-order valence-corrected chi connectivity index (χ2v) is 6.86. The predicted octanol–water partition coefficient (Wildman–Crippen LogP) is 0.512. The summed E-state index contributed by atoms with van der Waals surface area (Å²) in [6.07, 6.45) is 5.48. The number of hydrogen-bond acceptors (Lipinski definition) is 2. The Kier molecular flexibility index (Phi) is 5.28. The normalized spacial score (nSPS) is 24.0. The molecule has 0 atom stereocenters. The van der Waals surface area contributed by atoms with Crippen LogP contribution in [0.25, 0.3) is 0 Å². The second kappa shape index (κ2) is 7.59. The molecule has 0 radical (unpaired) electrons. The summed E-state index contributed by atoms with van der Waals surface area (Å²) in [7, 11) is 0. The molecule has 1 aliphatic heterocycles. The highest BCUT2D eigenvalue weighted by Crippen LogP contribution is 2.18. The smallest absolute Gasteiger partial charge is 0.321 e. The highest BCUT2D eigenvalue weighted by molar-refractivity contribution is 5.94. The molecular weight excluding hydrogens is 290 g/mol. The van der Waals surface area contributed by atoms with Crippen molar-refractivity contribution >= 4 is 11.9 Å². The Balaban J connectivity index is 1.35. The molecule has 1 aromatic carbocycles. The first-order valence-corrected chi connectivity index (χ1v) is 8.67. The number of benzene rings is 1. The number of likely N-dealkylation sites (tertiary alicyclic amines) is 1. The van der Waals surface area contributed by atoms with E-state index in [2.05, 4.69) is 34.9 Å². The van der Waals surface area contributed by atoms with E-state index in [9.17, 15) is 9.59 Å². The van der Waals surface area contributed by atoms with Crippen LogP contribution in [0.5, 0.6) is 0 Å². The van der Waals surface area contributed by atoms with Crippen molar-refractivity contribution in [3.05, 3.63) is 35.9 Å². The van der Waals surface area contributed by atoms with Crippen molar-refractivity contribution in [3.63, 3.8) is 0 Å². The van der Waals surface area contributed by atoms with Gasteiger partial charge < -0.3 is 10.2 Å². The first kappa shape index (κ1) is 16.0. The minimum atomic E-state index is -0.337. The molecule has 2 aliphatic rings. The Labute approximate surface area is 137 Å². The average Bonchev–Trinajstić information content (AvgIpc) is 3.34. The van der Waals surface area contributed by atoms with Crippen molar-refractivity contribution in [2.45, 2.75) is 38.1 Å². The lowest BCUT2D eigenvalue weighted by molar-refractivity contribution is -0.898. The molecule has 0 aromatic heterocycles. The fourth-order valence-corrected chi connectivity index (χ4v) is 3.26. The molecule has 1 aliphatic carbocycles. The minimum Gasteiger partial charge on any atom is -0.335 e. The van der Waals surface area contributed by atoms with E-state index in [4.69, 9.17) is 0 Å². The fraction of sp³-hybridized carbons (Fsp3) is 0.556. The zero-order valence-electron chi connectivity index (χ0n) is 13.5. The summed E-state index contributed by atoms with van der Waals surface area (Å²) in [6.45, 7) is 2.42. The lowest BCUT2D eigenvalue weighted by atomic mass is 9.90. The molecule has 2 fully saturated rings. The molecule has 1 aromatic rings. The van der Waals surface area contributed by atoms with Crippen LogP contribution in [0.1, 0.15) is 31.2 Å². The highest BCUT2D eigenvalue weighted by atomic mass is 16.2. The molecule has 3 N–H and O–H groups in total. The summed E-state index contributed by atoms with van der Waals surface area (Å²) >= 11 is 0. The van der Waals surface area contributed by atoms with Crippen LogP contribution in [0.3, 0.4) is 0 Å². The summed E-state index contributed by atoms with van der Waals surface area (Å²) in [5.74, 6) is 0.544. The van der Waals surface area contributed by atoms with Crippen molar-refractivity contribution in [3.8, 4) is 0 Å². The zero-order chi connectivity index (χ0) is 16.1. The highest BCUT2D eigenvalue weighted by Gasteiger charge is 2.26. The minimum absolute atomic E-state index is 0.167. The van der Waals surface area contributed by atoms with Gasteiger partial charge in [-0.3, -0.25) is 10.1 Å². The van der Waals surface area contributed by atoms with Gasteiger partial charge in [-0.05, 0) is 43.6 Å². The van der Waals surface area contributed by atoms with Crippen LogP contribution in [0.4, 0.5) is 4.79 Å². The SMILES string of the molecule is O=C(C[NH+]1CCC(Cc2ccccc2)CC1)NC(=O)NC1CC1. The van der Waals surface area contributed by atoms with Crippen molar-refractivity contribution in [2.75, 3.05) is 19.6 Å². The number of nitrogens with one attached hydrogen (secondary N) is 3. The van der Waals surface area contributed by atoms with E-state index in [-0.39, 0.29) is 18.0 Å². The molecule has 5 nitrogen and oxygen atoms in total. The Morgan fingerprint density at radius 1 is 1.04 bits per heavy atom. The number of amides is 3. The van der Waals surface area contributed by atoms with E-state index < -0.39 is 0 Å². The van der Waals surface area contributed by atoms with E-state index in [0.717, 1.165) is 45.2 Å². The van der Waals surface area contributed by atoms with Crippen molar-refractivity contribution in [1.29, 1.82) is 0 Å². The number of hydrogen-bond donors (Lipinski definition) is 3. The second-order valence-electron chi connectivity index (χ2n) is 6.86. The molecule has 3 rings (SSSR count). The maximum absolute atomic E-state index is 11.9. The summed E-state index contributed by atoms with van der Waals surface area (Å²) in [6, 6.07) is 10.5. The van der Waals surface area contributed by atoms with Crippen LogP contribution in [0.15, 0.2) is 30.3 Å². The van der Waals surface area contributed by atoms with Crippen LogP contribution in [-0.2, 0) is 11.2 Å². The number of rotatable bonds is 5. The van der Waals surface area contributed by atoms with Crippen molar-refractivity contribution < 1.29 is 14.5 Å². The average molecular weight is 316 g/mol. The van der Waals surface area contributed by atoms with Gasteiger partial charge in [0.15, 0.2) is 6.54 Å². The number of imide groups is 1. The van der Waals surface area contributed by atoms with Gasteiger partial charge in [-0.1, -0.05) is 30.3 Å². The molecule has 0 unspecified atom stereocenters. The third-order valence-corrected chi connectivity index (χ3v) is 4.76. The molecule has 1 saturated heterocycles. The molecule has 0 spiro atoms. The van der Waals surface area contributed by atoms with E-state index in [0.29, 0.717) is 12.5 Å². The summed E-state index contributed by atoms with van der Waals surface area (Å²) in [4.78, 5) is 24.7. The van der Waals surface area contributed by atoms with Crippen LogP contribution >= 0.6 is 0 Å². The Morgan fingerprint density at radius 2 is 1.74 bits per heavy atom. The number of carbonyl (C=O) groups is 2. The molecule has 3 amide bonds. The Bertz CT molecular complexity index is 534. The number of piperidine rings is 1. The third-order valence-electron chi connectivity index (χ3n) is 4.76. The monoisotopic (exact) mass is 316 g/mol. The molecule has 124 valence electrons. The van der Waals surface area contributed by atoms with Crippen LogP contribution in [0, 0.1) is 5.92 Å². The molecule has 1 heterocycles. The van der Waals surface area contributed by atoms with Gasteiger partial charge >= 0.3 is 6.03 Å². The molecule has 23 heavy (non-hydrogen) atoms. The van der Waals surface area contributed by atoms with Crippen molar-refractivity contribution in [1.82, 2.24) is 10.6 Å². The number of quaternary nitrogens is 1. The van der Waals surface area contributed by atoms with Gasteiger partial charge in [0.1, 0.15) is 0 Å². The lowest BCUT2D eigenvalue weighted by Crippen LogP contribution is -3.14. The van der Waals surface area contributed by atoms with E-state index in [1.54, 1.807) is 0 Å². The molecular formula is C18H26N3O2+. The first-order chi connectivity index (χ1) is 11.2. The topological polar surface area (TPSA) is 62.6 Å². The largest absolute Gasteiger partial charge is 0.335 e. The van der Waals surface area contributed by atoms with Gasteiger partial charge in [-0.25, -0.2) is 4.79 Å². The maximum atomic E-state index is 11.9. The Morgan fingerprint density at radius 3 is 2.39 bits per heavy atom. The van der Waals surface area contributed by atoms with Gasteiger partial charge in [0.2, 0.25) is 0 Å². The van der Waals surface area contributed by atoms with E-state index >= 15 is 0 Å². The lowest BCUT2D eigenvalue weighted by Gasteiger charge is -2.28. The maximum Gasteiger partial charge on any atom is 0.321 e. The number of carbonyl (C=O) groups excluding carboxylic acids is 2. The summed E-state index contributed by atoms with van der Waals surface area (Å²) in [5, 5.41) is 5.22. The Hall–Kier alpha value is -1.88. The standard InChI is InChI=1S/C18H25N3O2/c22-17(20-18(23)19-16-6-7-16)13-21-10-8-15(9-11-21)12-14-4-2-1-3-5-14/h1-5,15-16H,6-13H2,(H2,19,20,22,23)/p+1. The van der Waals surface area contributed by atoms with Crippen LogP contribution in [0.2, 0.25) is 0 Å². The zero-order valence-corrected chi connectivity index (χ0v) is 13.5. The van der Waals surface area contributed by atoms with Gasteiger partial charge in [-0.15, -0.1) is 0 Å². The fourth-order valence-electron chi connectivity index (χ4n) is 3.26. The summed E-state index contributed by atoms with van der Waals surface area (Å²) < 4.78 is 0. The molecule has 1 saturated carbocycles. The first-order valence-electron chi connectivity index (χ1n) is 8.67. The number of urea groups is 1. The van der Waals surface area contributed by atoms with Crippen LogP contribution in [-0.4, -0.2) is 37.6 Å². The van der Waals surface area contributed by atoms with Gasteiger partial charge in [-0.2, -0.15) is 0 Å². The van der Waals surface area contributed by atoms with E-state index in [1.165, 1.54) is 10.5 Å². The van der Waals surface area contributed by atoms with Gasteiger partial charge in [0.05, 0.1) is 13.1 Å². The van der Waals surface area contributed by atoms with Gasteiger partial charge in [0.25, 0.3) is 5.91 Å². The quantitative estimate of drug-likeness (QED) is 0.741. The molecule has 5 heteroatoms. The summed E-state index contributed by atoms with van der Waals surface area (Å²) in [5.41, 5.74) is 1.40. The third kappa shape index (κ3) is 5.36. The molecule has 0 bridgehead atoms. The van der Waals surface area contributed by atoms with E-state index in [1.807, 2.05) is 6.07 Å². The van der Waals surface area contributed by atoms with Crippen molar-refractivity contribution in [2.24, 2.45) is 5.92 Å². The predicted molar refractivity (Wildman–Crippen MR) is 88.1 cm³/mol. The van der Waals surface area contributed by atoms with Crippen LogP contribution < -0.4 is 15.5 Å².